The number of nitrogens with two attached hydrogens (primary N) is 1. The lowest BCUT2D eigenvalue weighted by Gasteiger charge is -2.06. The van der Waals surface area contributed by atoms with E-state index in [0.717, 1.165) is 0 Å². The molecule has 0 amide bonds. The second-order valence-electron chi connectivity index (χ2n) is 5.08. The van der Waals surface area contributed by atoms with Crippen molar-refractivity contribution in [2.24, 2.45) is 5.73 Å². The van der Waals surface area contributed by atoms with Gasteiger partial charge in [-0.2, -0.15) is 0 Å². The molecule has 108 valence electrons. The van der Waals surface area contributed by atoms with Crippen LogP contribution < -0.4 is 5.73 Å². The summed E-state index contributed by atoms with van der Waals surface area (Å²) >= 11 is 0. The molecule has 3 nitrogen and oxygen atoms in total. The summed E-state index contributed by atoms with van der Waals surface area (Å²) in [6, 6.07) is 7.24. The maximum absolute atomic E-state index is 11.2. The van der Waals surface area contributed by atoms with Gasteiger partial charge >= 0.3 is 0 Å². The van der Waals surface area contributed by atoms with E-state index in [1.165, 1.54) is 37.8 Å². The maximum atomic E-state index is 11.2. The SMILES string of the molecule is CCCCCC(C)N.O=C1C=CC(=O)c2ccccc21. The lowest BCUT2D eigenvalue weighted by molar-refractivity contribution is 0.0994. The highest BCUT2D eigenvalue weighted by Crippen LogP contribution is 2.15. The van der Waals surface area contributed by atoms with Crippen LogP contribution in [0.4, 0.5) is 0 Å². The number of carbonyl (C=O) groups excluding carboxylic acids is 2. The summed E-state index contributed by atoms with van der Waals surface area (Å²) in [5, 5.41) is 0. The van der Waals surface area contributed by atoms with Crippen molar-refractivity contribution in [2.45, 2.75) is 45.6 Å². The average Bonchev–Trinajstić information content (AvgIpc) is 2.44. The minimum atomic E-state index is -0.0924. The van der Waals surface area contributed by atoms with Crippen molar-refractivity contribution in [3.05, 3.63) is 47.5 Å². The monoisotopic (exact) mass is 273 g/mol. The Kier molecular flexibility index (Phi) is 6.88. The quantitative estimate of drug-likeness (QED) is 0.854. The Balaban J connectivity index is 0.000000221. The second kappa shape index (κ2) is 8.43. The normalized spacial score (nSPS) is 14.3. The van der Waals surface area contributed by atoms with Crippen LogP contribution in [-0.2, 0) is 0 Å². The minimum absolute atomic E-state index is 0.0924. The predicted molar refractivity (Wildman–Crippen MR) is 82.0 cm³/mol. The fourth-order valence-electron chi connectivity index (χ4n) is 1.96. The Hall–Kier alpha value is -1.74. The topological polar surface area (TPSA) is 60.2 Å². The number of unbranched alkanes of at least 4 members (excludes halogenated alkanes) is 2. The van der Waals surface area contributed by atoms with E-state index >= 15 is 0 Å². The Morgan fingerprint density at radius 1 is 1.00 bits per heavy atom. The van der Waals surface area contributed by atoms with Gasteiger partial charge in [-0.15, -0.1) is 0 Å². The molecule has 0 fully saturated rings. The fourth-order valence-corrected chi connectivity index (χ4v) is 1.96. The summed E-state index contributed by atoms with van der Waals surface area (Å²) in [6.07, 6.45) is 7.74. The fraction of sp³-hybridized carbons (Fsp3) is 0.412. The van der Waals surface area contributed by atoms with Crippen molar-refractivity contribution in [2.75, 3.05) is 0 Å². The van der Waals surface area contributed by atoms with Crippen molar-refractivity contribution in [1.82, 2.24) is 0 Å². The molecule has 3 heteroatoms. The maximum Gasteiger partial charge on any atom is 0.186 e. The molecule has 0 radical (unpaired) electrons. The molecule has 0 spiro atoms. The van der Waals surface area contributed by atoms with Crippen LogP contribution in [-0.4, -0.2) is 17.6 Å². The molecule has 0 bridgehead atoms. The van der Waals surface area contributed by atoms with Crippen molar-refractivity contribution in [3.63, 3.8) is 0 Å². The number of allylic oxidation sites excluding steroid dienone is 2. The van der Waals surface area contributed by atoms with Gasteiger partial charge < -0.3 is 5.73 Å². The van der Waals surface area contributed by atoms with Gasteiger partial charge in [0.2, 0.25) is 0 Å². The summed E-state index contributed by atoms with van der Waals surface area (Å²) in [5.41, 5.74) is 6.54. The van der Waals surface area contributed by atoms with Crippen molar-refractivity contribution < 1.29 is 9.59 Å². The summed E-state index contributed by atoms with van der Waals surface area (Å²) in [4.78, 5) is 22.4. The Bertz CT molecular complexity index is 453. The van der Waals surface area contributed by atoms with Crippen LogP contribution in [0.3, 0.4) is 0 Å². The zero-order chi connectivity index (χ0) is 15.0. The molecule has 1 aromatic rings. The lowest BCUT2D eigenvalue weighted by Crippen LogP contribution is -2.13. The van der Waals surface area contributed by atoms with Gasteiger partial charge in [-0.3, -0.25) is 9.59 Å². The summed E-state index contributed by atoms with van der Waals surface area (Å²) in [7, 11) is 0. The number of hydrogen-bond donors (Lipinski definition) is 1. The summed E-state index contributed by atoms with van der Waals surface area (Å²) in [6.45, 7) is 4.27. The number of carbonyl (C=O) groups is 2. The highest BCUT2D eigenvalue weighted by Gasteiger charge is 2.16. The van der Waals surface area contributed by atoms with Gasteiger partial charge in [0, 0.05) is 17.2 Å². The van der Waals surface area contributed by atoms with E-state index in [0.29, 0.717) is 17.2 Å². The molecule has 2 N–H and O–H groups in total. The summed E-state index contributed by atoms with van der Waals surface area (Å²) in [5.74, 6) is -0.185. The third-order valence-corrected chi connectivity index (χ3v) is 3.11. The van der Waals surface area contributed by atoms with Crippen LogP contribution in [0, 0.1) is 0 Å². The number of ketones is 2. The summed E-state index contributed by atoms with van der Waals surface area (Å²) < 4.78 is 0. The second-order valence-corrected chi connectivity index (χ2v) is 5.08. The first-order chi connectivity index (χ1) is 9.56. The number of fused-ring (bicyclic) bond motifs is 1. The lowest BCUT2D eigenvalue weighted by atomic mass is 9.95. The molecule has 1 aliphatic rings. The third kappa shape index (κ3) is 5.10. The van der Waals surface area contributed by atoms with Crippen LogP contribution in [0.5, 0.6) is 0 Å². The van der Waals surface area contributed by atoms with E-state index < -0.39 is 0 Å². The van der Waals surface area contributed by atoms with E-state index in [9.17, 15) is 9.59 Å². The van der Waals surface area contributed by atoms with E-state index in [1.807, 2.05) is 0 Å². The van der Waals surface area contributed by atoms with Crippen LogP contribution in [0.2, 0.25) is 0 Å². The molecule has 1 aliphatic carbocycles. The highest BCUT2D eigenvalue weighted by atomic mass is 16.1. The molecular weight excluding hydrogens is 250 g/mol. The van der Waals surface area contributed by atoms with Crippen LogP contribution in [0.15, 0.2) is 36.4 Å². The van der Waals surface area contributed by atoms with Gasteiger partial charge in [0.1, 0.15) is 0 Å². The standard InChI is InChI=1S/C10H6O2.C7H17N/c11-9-5-6-10(12)8-4-2-1-3-7(8)9;1-3-4-5-6-7(2)8/h1-6H;7H,3-6,8H2,1-2H3. The first-order valence-electron chi connectivity index (χ1n) is 7.17. The van der Waals surface area contributed by atoms with Gasteiger partial charge in [0.05, 0.1) is 0 Å². The number of hydrogen-bond acceptors (Lipinski definition) is 3. The molecule has 1 aromatic carbocycles. The predicted octanol–water partition coefficient (Wildman–Crippen LogP) is 3.54. The Morgan fingerprint density at radius 2 is 1.50 bits per heavy atom. The van der Waals surface area contributed by atoms with Crippen LogP contribution in [0.25, 0.3) is 0 Å². The van der Waals surface area contributed by atoms with Crippen molar-refractivity contribution in [3.8, 4) is 0 Å². The molecule has 2 rings (SSSR count). The minimum Gasteiger partial charge on any atom is -0.328 e. The highest BCUT2D eigenvalue weighted by molar-refractivity contribution is 6.21. The molecular formula is C17H23NO2. The Morgan fingerprint density at radius 3 is 1.90 bits per heavy atom. The van der Waals surface area contributed by atoms with Gasteiger partial charge in [0.25, 0.3) is 0 Å². The zero-order valence-corrected chi connectivity index (χ0v) is 12.3. The average molecular weight is 273 g/mol. The third-order valence-electron chi connectivity index (χ3n) is 3.11. The Labute approximate surface area is 120 Å². The van der Waals surface area contributed by atoms with E-state index in [2.05, 4.69) is 13.8 Å². The van der Waals surface area contributed by atoms with E-state index in [1.54, 1.807) is 24.3 Å². The van der Waals surface area contributed by atoms with E-state index in [-0.39, 0.29) is 11.6 Å². The van der Waals surface area contributed by atoms with Crippen molar-refractivity contribution in [1.29, 1.82) is 0 Å². The molecule has 0 saturated heterocycles. The van der Waals surface area contributed by atoms with Crippen molar-refractivity contribution >= 4 is 11.6 Å². The molecule has 0 aromatic heterocycles. The molecule has 0 saturated carbocycles. The smallest absolute Gasteiger partial charge is 0.186 e. The van der Waals surface area contributed by atoms with Gasteiger partial charge in [0.15, 0.2) is 11.6 Å². The first-order valence-corrected chi connectivity index (χ1v) is 7.17. The zero-order valence-electron chi connectivity index (χ0n) is 12.3. The van der Waals surface area contributed by atoms with Crippen LogP contribution in [0.1, 0.15) is 60.2 Å². The molecule has 0 heterocycles. The number of rotatable bonds is 4. The van der Waals surface area contributed by atoms with Crippen LogP contribution >= 0.6 is 0 Å². The van der Waals surface area contributed by atoms with Gasteiger partial charge in [-0.25, -0.2) is 0 Å². The molecule has 1 unspecified atom stereocenters. The van der Waals surface area contributed by atoms with Gasteiger partial charge in [-0.1, -0.05) is 50.5 Å². The molecule has 1 atom stereocenters. The molecule has 20 heavy (non-hydrogen) atoms. The number of benzene rings is 1. The van der Waals surface area contributed by atoms with Gasteiger partial charge in [-0.05, 0) is 25.5 Å². The first kappa shape index (κ1) is 16.3. The molecule has 0 aliphatic heterocycles. The van der Waals surface area contributed by atoms with E-state index in [4.69, 9.17) is 5.73 Å². The largest absolute Gasteiger partial charge is 0.328 e.